The summed E-state index contributed by atoms with van der Waals surface area (Å²) in [5.41, 5.74) is 4.15. The van der Waals surface area contributed by atoms with Gasteiger partial charge in [-0.1, -0.05) is 15.9 Å². The fraction of sp³-hybridized carbons (Fsp3) is 0.357. The van der Waals surface area contributed by atoms with Gasteiger partial charge >= 0.3 is 0 Å². The maximum Gasteiger partial charge on any atom is 0.0521 e. The summed E-state index contributed by atoms with van der Waals surface area (Å²) >= 11 is 5.26. The zero-order valence-corrected chi connectivity index (χ0v) is 13.8. The van der Waals surface area contributed by atoms with Gasteiger partial charge in [0.05, 0.1) is 6.20 Å². The van der Waals surface area contributed by atoms with Crippen LogP contribution in [0.5, 0.6) is 0 Å². The van der Waals surface area contributed by atoms with Crippen molar-refractivity contribution < 1.29 is 0 Å². The molecule has 2 rings (SSSR count). The molecule has 0 aliphatic carbocycles. The number of hydrazine groups is 1. The molecule has 6 heteroatoms. The molecule has 1 atom stereocenters. The molecule has 0 fully saturated rings. The molecule has 0 spiro atoms. The van der Waals surface area contributed by atoms with Crippen LogP contribution in [0.1, 0.15) is 12.0 Å². The normalized spacial score (nSPS) is 12.6. The van der Waals surface area contributed by atoms with Crippen LogP contribution < -0.4 is 11.3 Å². The van der Waals surface area contributed by atoms with Gasteiger partial charge < -0.3 is 0 Å². The Balaban J connectivity index is 1.78. The van der Waals surface area contributed by atoms with E-state index < -0.39 is 0 Å². The van der Waals surface area contributed by atoms with Gasteiger partial charge in [0.1, 0.15) is 0 Å². The van der Waals surface area contributed by atoms with Crippen molar-refractivity contribution >= 4 is 27.7 Å². The highest BCUT2D eigenvalue weighted by Gasteiger charge is 2.08. The second-order valence-corrected chi connectivity index (χ2v) is 6.70. The van der Waals surface area contributed by atoms with Crippen molar-refractivity contribution in [2.45, 2.75) is 23.8 Å². The van der Waals surface area contributed by atoms with Crippen LogP contribution in [-0.2, 0) is 13.5 Å². The number of nitrogens with two attached hydrogens (primary N) is 1. The van der Waals surface area contributed by atoms with E-state index in [0.29, 0.717) is 6.04 Å². The Kier molecular flexibility index (Phi) is 6.09. The lowest BCUT2D eigenvalue weighted by Gasteiger charge is -2.14. The highest BCUT2D eigenvalue weighted by Crippen LogP contribution is 2.22. The van der Waals surface area contributed by atoms with Gasteiger partial charge in [0, 0.05) is 34.4 Å². The van der Waals surface area contributed by atoms with Crippen molar-refractivity contribution in [2.75, 3.05) is 5.75 Å². The molecule has 0 saturated heterocycles. The van der Waals surface area contributed by atoms with Gasteiger partial charge in [-0.15, -0.1) is 11.8 Å². The monoisotopic (exact) mass is 354 g/mol. The minimum atomic E-state index is 0.295. The lowest BCUT2D eigenvalue weighted by Crippen LogP contribution is -2.37. The third-order valence-electron chi connectivity index (χ3n) is 3.04. The first kappa shape index (κ1) is 15.6. The predicted molar refractivity (Wildman–Crippen MR) is 87.5 cm³/mol. The molecule has 20 heavy (non-hydrogen) atoms. The van der Waals surface area contributed by atoms with Gasteiger partial charge in [-0.05, 0) is 42.7 Å². The summed E-state index contributed by atoms with van der Waals surface area (Å²) in [5, 5.41) is 4.18. The van der Waals surface area contributed by atoms with Gasteiger partial charge in [0.25, 0.3) is 0 Å². The highest BCUT2D eigenvalue weighted by atomic mass is 79.9. The molecule has 0 radical (unpaired) electrons. The summed E-state index contributed by atoms with van der Waals surface area (Å²) in [6.45, 7) is 0. The summed E-state index contributed by atoms with van der Waals surface area (Å²) in [6, 6.07) is 8.64. The molecular weight excluding hydrogens is 336 g/mol. The van der Waals surface area contributed by atoms with E-state index in [0.717, 1.165) is 23.1 Å². The first-order valence-electron chi connectivity index (χ1n) is 6.49. The van der Waals surface area contributed by atoms with Crippen molar-refractivity contribution in [1.29, 1.82) is 0 Å². The van der Waals surface area contributed by atoms with E-state index in [9.17, 15) is 0 Å². The number of nitrogens with one attached hydrogen (secondary N) is 1. The summed E-state index contributed by atoms with van der Waals surface area (Å²) in [5.74, 6) is 6.60. The molecule has 1 unspecified atom stereocenters. The molecule has 108 valence electrons. The summed E-state index contributed by atoms with van der Waals surface area (Å²) < 4.78 is 2.93. The summed E-state index contributed by atoms with van der Waals surface area (Å²) in [6.07, 6.45) is 5.96. The Bertz CT molecular complexity index is 526. The molecular formula is C14H19BrN4S. The van der Waals surface area contributed by atoms with Crippen LogP contribution in [0, 0.1) is 0 Å². The minimum Gasteiger partial charge on any atom is -0.276 e. The molecule has 0 aliphatic rings. The molecule has 0 saturated carbocycles. The molecule has 0 bridgehead atoms. The van der Waals surface area contributed by atoms with Crippen LogP contribution in [0.2, 0.25) is 0 Å². The minimum absolute atomic E-state index is 0.295. The molecule has 0 aliphatic heterocycles. The zero-order valence-electron chi connectivity index (χ0n) is 11.4. The highest BCUT2D eigenvalue weighted by molar-refractivity contribution is 9.10. The van der Waals surface area contributed by atoms with Gasteiger partial charge in [-0.25, -0.2) is 0 Å². The van der Waals surface area contributed by atoms with Crippen LogP contribution >= 0.6 is 27.7 Å². The third kappa shape index (κ3) is 4.94. The topological polar surface area (TPSA) is 55.9 Å². The van der Waals surface area contributed by atoms with Crippen LogP contribution in [0.25, 0.3) is 0 Å². The fourth-order valence-corrected chi connectivity index (χ4v) is 3.13. The maximum atomic E-state index is 5.64. The third-order valence-corrected chi connectivity index (χ3v) is 4.74. The molecule has 0 amide bonds. The van der Waals surface area contributed by atoms with E-state index >= 15 is 0 Å². The van der Waals surface area contributed by atoms with E-state index in [4.69, 9.17) is 5.84 Å². The number of benzene rings is 1. The van der Waals surface area contributed by atoms with Crippen LogP contribution in [0.3, 0.4) is 0 Å². The summed E-state index contributed by atoms with van der Waals surface area (Å²) in [7, 11) is 1.94. The van der Waals surface area contributed by atoms with E-state index in [1.54, 1.807) is 0 Å². The SMILES string of the molecule is Cn1cc(CCC(CSc2ccc(Br)cc2)NN)cn1. The number of aromatic nitrogens is 2. The quantitative estimate of drug-likeness (QED) is 0.456. The molecule has 1 aromatic heterocycles. The zero-order chi connectivity index (χ0) is 14.4. The molecule has 3 N–H and O–H groups in total. The number of hydrogen-bond acceptors (Lipinski definition) is 4. The van der Waals surface area contributed by atoms with Crippen LogP contribution in [0.15, 0.2) is 46.0 Å². The van der Waals surface area contributed by atoms with Gasteiger partial charge in [0.2, 0.25) is 0 Å². The van der Waals surface area contributed by atoms with E-state index in [2.05, 4.69) is 56.9 Å². The van der Waals surface area contributed by atoms with Crippen LogP contribution in [-0.4, -0.2) is 21.6 Å². The van der Waals surface area contributed by atoms with Crippen molar-refractivity contribution in [3.8, 4) is 0 Å². The lowest BCUT2D eigenvalue weighted by molar-refractivity contribution is 0.539. The Labute approximate surface area is 132 Å². The van der Waals surface area contributed by atoms with Gasteiger partial charge in [-0.3, -0.25) is 16.0 Å². The average molecular weight is 355 g/mol. The molecule has 1 heterocycles. The number of aryl methyl sites for hydroxylation is 2. The van der Waals surface area contributed by atoms with Crippen molar-refractivity contribution in [1.82, 2.24) is 15.2 Å². The van der Waals surface area contributed by atoms with E-state index in [-0.39, 0.29) is 0 Å². The smallest absolute Gasteiger partial charge is 0.0521 e. The van der Waals surface area contributed by atoms with Crippen molar-refractivity contribution in [2.24, 2.45) is 12.9 Å². The first-order chi connectivity index (χ1) is 9.67. The standard InChI is InChI=1S/C14H19BrN4S/c1-19-9-11(8-17-19)2-5-13(18-16)10-20-14-6-3-12(15)4-7-14/h3-4,6-9,13,18H,2,5,10,16H2,1H3. The van der Waals surface area contributed by atoms with Crippen LogP contribution in [0.4, 0.5) is 0 Å². The largest absolute Gasteiger partial charge is 0.276 e. The number of nitrogens with zero attached hydrogens (tertiary/aromatic N) is 2. The number of hydrogen-bond donors (Lipinski definition) is 2. The lowest BCUT2D eigenvalue weighted by atomic mass is 10.1. The van der Waals surface area contributed by atoms with Crippen molar-refractivity contribution in [3.63, 3.8) is 0 Å². The Morgan fingerprint density at radius 3 is 2.75 bits per heavy atom. The van der Waals surface area contributed by atoms with E-state index in [1.165, 1.54) is 10.5 Å². The van der Waals surface area contributed by atoms with Gasteiger partial charge in [0.15, 0.2) is 0 Å². The van der Waals surface area contributed by atoms with Crippen molar-refractivity contribution in [3.05, 3.63) is 46.7 Å². The number of halogens is 1. The van der Waals surface area contributed by atoms with E-state index in [1.807, 2.05) is 29.7 Å². The van der Waals surface area contributed by atoms with Gasteiger partial charge in [-0.2, -0.15) is 5.10 Å². The second-order valence-electron chi connectivity index (χ2n) is 4.69. The number of thioether (sulfide) groups is 1. The average Bonchev–Trinajstić information content (AvgIpc) is 2.87. The number of rotatable bonds is 7. The Morgan fingerprint density at radius 1 is 1.40 bits per heavy atom. The second kappa shape index (κ2) is 7.83. The first-order valence-corrected chi connectivity index (χ1v) is 8.27. The predicted octanol–water partition coefficient (Wildman–Crippen LogP) is 2.74. The maximum absolute atomic E-state index is 5.64. The molecule has 4 nitrogen and oxygen atoms in total. The fourth-order valence-electron chi connectivity index (χ4n) is 1.88. The summed E-state index contributed by atoms with van der Waals surface area (Å²) in [4.78, 5) is 1.26. The Hall–Kier alpha value is -0.820. The molecule has 2 aromatic rings. The molecule has 1 aromatic carbocycles. The Morgan fingerprint density at radius 2 is 2.15 bits per heavy atom.